The Bertz CT molecular complexity index is 1520. The van der Waals surface area contributed by atoms with Crippen LogP contribution in [0.25, 0.3) is 22.0 Å². The first kappa shape index (κ1) is 26.3. The lowest BCUT2D eigenvalue weighted by Gasteiger charge is -2.29. The van der Waals surface area contributed by atoms with Gasteiger partial charge in [-0.25, -0.2) is 18.8 Å². The first-order valence-electron chi connectivity index (χ1n) is 12.4. The number of ether oxygens (including phenoxy) is 3. The Labute approximate surface area is 224 Å². The van der Waals surface area contributed by atoms with Crippen molar-refractivity contribution in [1.29, 1.82) is 0 Å². The van der Waals surface area contributed by atoms with Gasteiger partial charge in [0.2, 0.25) is 5.88 Å². The zero-order chi connectivity index (χ0) is 27.5. The summed E-state index contributed by atoms with van der Waals surface area (Å²) in [6, 6.07) is 6.09. The lowest BCUT2D eigenvalue weighted by atomic mass is 9.95. The van der Waals surface area contributed by atoms with Crippen LogP contribution in [0.3, 0.4) is 0 Å². The molecular formula is C28H27F2N5O4. The lowest BCUT2D eigenvalue weighted by Crippen LogP contribution is -2.44. The molecule has 1 unspecified atom stereocenters. The number of amidine groups is 1. The largest absolute Gasteiger partial charge is 0.475 e. The number of pyridine rings is 1. The molecule has 0 aliphatic carbocycles. The van der Waals surface area contributed by atoms with Gasteiger partial charge in [-0.1, -0.05) is 12.0 Å². The highest BCUT2D eigenvalue weighted by molar-refractivity contribution is 6.08. The van der Waals surface area contributed by atoms with Crippen LogP contribution in [0.15, 0.2) is 34.3 Å². The summed E-state index contributed by atoms with van der Waals surface area (Å²) in [5, 5.41) is 13.1. The molecule has 39 heavy (non-hydrogen) atoms. The number of aliphatic hydroxyl groups excluding tert-OH is 1. The third-order valence-electron chi connectivity index (χ3n) is 6.72. The second-order valence-electron chi connectivity index (χ2n) is 8.91. The van der Waals surface area contributed by atoms with Crippen LogP contribution in [-0.2, 0) is 9.47 Å². The predicted molar refractivity (Wildman–Crippen MR) is 145 cm³/mol. The van der Waals surface area contributed by atoms with Crippen LogP contribution < -0.4 is 10.1 Å². The third-order valence-corrected chi connectivity index (χ3v) is 6.72. The average Bonchev–Trinajstić information content (AvgIpc) is 3.26. The van der Waals surface area contributed by atoms with Crippen LogP contribution in [0.2, 0.25) is 0 Å². The van der Waals surface area contributed by atoms with Crippen molar-refractivity contribution in [3.05, 3.63) is 47.0 Å². The quantitative estimate of drug-likeness (QED) is 0.223. The van der Waals surface area contributed by atoms with E-state index in [1.807, 2.05) is 4.90 Å². The van der Waals surface area contributed by atoms with Crippen molar-refractivity contribution < 1.29 is 28.1 Å². The van der Waals surface area contributed by atoms with Gasteiger partial charge in [0.1, 0.15) is 35.2 Å². The summed E-state index contributed by atoms with van der Waals surface area (Å²) >= 11 is 0. The van der Waals surface area contributed by atoms with Crippen molar-refractivity contribution in [3.8, 4) is 29.5 Å². The van der Waals surface area contributed by atoms with Crippen LogP contribution in [0.1, 0.15) is 17.5 Å². The second kappa shape index (κ2) is 11.2. The number of aliphatic hydroxyl groups is 1. The molecule has 3 heterocycles. The maximum Gasteiger partial charge on any atom is 0.227 e. The molecule has 2 aliphatic heterocycles. The molecule has 0 spiro atoms. The molecule has 5 rings (SSSR count). The van der Waals surface area contributed by atoms with E-state index in [4.69, 9.17) is 25.7 Å². The SMILES string of the molecule is C#Cc1c(F)ccc2cc(NC)cc(-c3nc4c(c(N=COCO)c3F)C(=NC)N3CCCOCC3CO4)c12. The van der Waals surface area contributed by atoms with Crippen molar-refractivity contribution in [2.24, 2.45) is 9.98 Å². The number of nitrogens with zero attached hydrogens (tertiary/aromatic N) is 4. The van der Waals surface area contributed by atoms with E-state index >= 15 is 4.39 Å². The highest BCUT2D eigenvalue weighted by Gasteiger charge is 2.36. The Hall–Kier alpha value is -4.27. The van der Waals surface area contributed by atoms with E-state index in [0.717, 1.165) is 12.8 Å². The summed E-state index contributed by atoms with van der Waals surface area (Å²) < 4.78 is 48.2. The number of terminal acetylenes is 1. The number of aliphatic imine (C=N–C) groups is 2. The van der Waals surface area contributed by atoms with Gasteiger partial charge >= 0.3 is 0 Å². The summed E-state index contributed by atoms with van der Waals surface area (Å²) in [5.74, 6) is 1.50. The van der Waals surface area contributed by atoms with Gasteiger partial charge in [0.05, 0.1) is 18.2 Å². The number of nitrogens with one attached hydrogen (secondary N) is 1. The minimum atomic E-state index is -0.817. The molecular weight excluding hydrogens is 508 g/mol. The highest BCUT2D eigenvalue weighted by Crippen LogP contribution is 2.42. The van der Waals surface area contributed by atoms with Crippen LogP contribution in [0.5, 0.6) is 5.88 Å². The van der Waals surface area contributed by atoms with Gasteiger partial charge in [0, 0.05) is 43.9 Å². The molecule has 2 N–H and O–H groups in total. The number of fused-ring (bicyclic) bond motifs is 3. The summed E-state index contributed by atoms with van der Waals surface area (Å²) in [6.45, 7) is 1.15. The first-order valence-corrected chi connectivity index (χ1v) is 12.4. The molecule has 0 amide bonds. The van der Waals surface area contributed by atoms with E-state index in [1.54, 1.807) is 32.3 Å². The molecule has 0 saturated carbocycles. The molecule has 0 bridgehead atoms. The summed E-state index contributed by atoms with van der Waals surface area (Å²) in [6.07, 6.45) is 7.38. The van der Waals surface area contributed by atoms with Gasteiger partial charge in [-0.15, -0.1) is 6.42 Å². The van der Waals surface area contributed by atoms with Gasteiger partial charge < -0.3 is 29.5 Å². The molecule has 0 radical (unpaired) electrons. The number of anilines is 1. The number of hydrogen-bond acceptors (Lipinski definition) is 8. The Morgan fingerprint density at radius 3 is 2.92 bits per heavy atom. The third kappa shape index (κ3) is 4.73. The minimum Gasteiger partial charge on any atom is -0.475 e. The van der Waals surface area contributed by atoms with Gasteiger partial charge in [-0.3, -0.25) is 4.99 Å². The van der Waals surface area contributed by atoms with E-state index in [9.17, 15) is 4.39 Å². The Kier molecular flexibility index (Phi) is 7.58. The van der Waals surface area contributed by atoms with Gasteiger partial charge in [0.25, 0.3) is 0 Å². The molecule has 1 fully saturated rings. The minimum absolute atomic E-state index is 0.0165. The Morgan fingerprint density at radius 1 is 1.33 bits per heavy atom. The number of hydrogen-bond donors (Lipinski definition) is 2. The van der Waals surface area contributed by atoms with Crippen LogP contribution in [0, 0.1) is 24.0 Å². The van der Waals surface area contributed by atoms with Crippen LogP contribution in [-0.4, -0.2) is 80.5 Å². The van der Waals surface area contributed by atoms with Crippen molar-refractivity contribution in [3.63, 3.8) is 0 Å². The van der Waals surface area contributed by atoms with E-state index in [0.29, 0.717) is 42.1 Å². The first-order chi connectivity index (χ1) is 19.0. The van der Waals surface area contributed by atoms with E-state index in [1.165, 1.54) is 6.07 Å². The van der Waals surface area contributed by atoms with E-state index in [-0.39, 0.29) is 46.6 Å². The average molecular weight is 536 g/mol. The molecule has 1 atom stereocenters. The molecule has 1 saturated heterocycles. The number of aromatic nitrogens is 1. The fraction of sp³-hybridized carbons (Fsp3) is 0.321. The summed E-state index contributed by atoms with van der Waals surface area (Å²) in [4.78, 5) is 15.3. The van der Waals surface area contributed by atoms with Crippen molar-refractivity contribution in [2.45, 2.75) is 12.5 Å². The fourth-order valence-corrected chi connectivity index (χ4v) is 4.98. The molecule has 11 heteroatoms. The van der Waals surface area contributed by atoms with Gasteiger partial charge in [-0.2, -0.15) is 0 Å². The van der Waals surface area contributed by atoms with Gasteiger partial charge in [0.15, 0.2) is 19.0 Å². The topological polar surface area (TPSA) is 101 Å². The lowest BCUT2D eigenvalue weighted by molar-refractivity contribution is 0.0951. The molecule has 202 valence electrons. The molecule has 1 aromatic heterocycles. The maximum absolute atomic E-state index is 16.6. The Morgan fingerprint density at radius 2 is 2.18 bits per heavy atom. The van der Waals surface area contributed by atoms with Crippen LogP contribution in [0.4, 0.5) is 20.2 Å². The zero-order valence-corrected chi connectivity index (χ0v) is 21.5. The summed E-state index contributed by atoms with van der Waals surface area (Å²) in [5.41, 5.74) is 0.814. The molecule has 3 aromatic rings. The van der Waals surface area contributed by atoms with Crippen LogP contribution >= 0.6 is 0 Å². The second-order valence-corrected chi connectivity index (χ2v) is 8.91. The zero-order valence-electron chi connectivity index (χ0n) is 21.5. The fourth-order valence-electron chi connectivity index (χ4n) is 4.98. The van der Waals surface area contributed by atoms with Gasteiger partial charge in [-0.05, 0) is 30.0 Å². The van der Waals surface area contributed by atoms with E-state index < -0.39 is 18.4 Å². The monoisotopic (exact) mass is 535 g/mol. The number of halogens is 2. The smallest absolute Gasteiger partial charge is 0.227 e. The predicted octanol–water partition coefficient (Wildman–Crippen LogP) is 3.69. The molecule has 2 aromatic carbocycles. The molecule has 2 aliphatic rings. The number of benzene rings is 2. The van der Waals surface area contributed by atoms with Crippen molar-refractivity contribution in [2.75, 3.05) is 52.6 Å². The highest BCUT2D eigenvalue weighted by atomic mass is 19.1. The number of rotatable bonds is 5. The normalized spacial score (nSPS) is 18.2. The standard InChI is InChI=1S/C28H27F2N5O4/c1-4-19-21(29)7-6-16-10-17(31-2)11-20(22(16)19)25-24(30)26(33-14-38-15-36)23-27(32-3)35-8-5-9-37-12-18(35)13-39-28(23)34-25/h1,6-7,10-11,14,18,31,36H,5,8-9,12-13,15H2,2-3H3. The summed E-state index contributed by atoms with van der Waals surface area (Å²) in [7, 11) is 3.32. The van der Waals surface area contributed by atoms with Crippen molar-refractivity contribution in [1.82, 2.24) is 9.88 Å². The Balaban J connectivity index is 1.83. The maximum atomic E-state index is 16.6. The van der Waals surface area contributed by atoms with E-state index in [2.05, 4.69) is 26.2 Å². The molecule has 9 nitrogen and oxygen atoms in total. The van der Waals surface area contributed by atoms with Crippen molar-refractivity contribution >= 4 is 34.4 Å².